The highest BCUT2D eigenvalue weighted by molar-refractivity contribution is 5.75. The molecule has 2 fully saturated rings. The van der Waals surface area contributed by atoms with Crippen molar-refractivity contribution in [1.82, 2.24) is 15.1 Å². The molecule has 0 aromatic carbocycles. The Bertz CT molecular complexity index is 450. The molecule has 1 N–H and O–H groups in total. The Hall–Kier alpha value is -1.50. The molecule has 0 spiro atoms. The summed E-state index contributed by atoms with van der Waals surface area (Å²) in [5.74, 6) is 0.344. The lowest BCUT2D eigenvalue weighted by molar-refractivity contribution is 0.0282. The fourth-order valence-electron chi connectivity index (χ4n) is 3.42. The van der Waals surface area contributed by atoms with Crippen LogP contribution in [0.1, 0.15) is 40.0 Å². The van der Waals surface area contributed by atoms with Crippen LogP contribution in [0.15, 0.2) is 0 Å². The highest BCUT2D eigenvalue weighted by Crippen LogP contribution is 2.31. The topological polar surface area (TPSA) is 71.1 Å². The number of piperidine rings is 1. The van der Waals surface area contributed by atoms with Crippen LogP contribution in [0.4, 0.5) is 9.59 Å². The van der Waals surface area contributed by atoms with Gasteiger partial charge in [-0.3, -0.25) is 0 Å². The molecule has 0 aromatic heterocycles. The average Bonchev–Trinajstić information content (AvgIpc) is 2.94. The Morgan fingerprint density at radius 2 is 2.00 bits per heavy atom. The van der Waals surface area contributed by atoms with Gasteiger partial charge in [0.2, 0.25) is 0 Å². The third kappa shape index (κ3) is 5.00. The zero-order valence-electron chi connectivity index (χ0n) is 15.3. The van der Waals surface area contributed by atoms with Crippen molar-refractivity contribution in [2.24, 2.45) is 5.92 Å². The van der Waals surface area contributed by atoms with Crippen LogP contribution in [0, 0.1) is 5.92 Å². The largest absolute Gasteiger partial charge is 0.444 e. The van der Waals surface area contributed by atoms with Crippen molar-refractivity contribution in [1.29, 1.82) is 0 Å². The summed E-state index contributed by atoms with van der Waals surface area (Å²) < 4.78 is 10.5. The monoisotopic (exact) mass is 341 g/mol. The van der Waals surface area contributed by atoms with Crippen molar-refractivity contribution in [3.63, 3.8) is 0 Å². The predicted octanol–water partition coefficient (Wildman–Crippen LogP) is 2.06. The fourth-order valence-corrected chi connectivity index (χ4v) is 3.42. The maximum absolute atomic E-state index is 12.4. The van der Waals surface area contributed by atoms with E-state index >= 15 is 0 Å². The van der Waals surface area contributed by atoms with Gasteiger partial charge in [-0.25, -0.2) is 9.59 Å². The van der Waals surface area contributed by atoms with Gasteiger partial charge >= 0.3 is 12.1 Å². The standard InChI is InChI=1S/C17H31N3O4/c1-17(2,3)24-16(22)19-11-13-7-5-9-20(14(13)12-19)15(21)18-8-6-10-23-4/h13-14H,5-12H2,1-4H3,(H,18,21)/t13-,14+/m0/s1. The number of carbonyl (C=O) groups excluding carboxylic acids is 2. The Morgan fingerprint density at radius 1 is 1.25 bits per heavy atom. The van der Waals surface area contributed by atoms with E-state index in [2.05, 4.69) is 5.32 Å². The molecule has 2 rings (SSSR count). The highest BCUT2D eigenvalue weighted by Gasteiger charge is 2.43. The zero-order valence-corrected chi connectivity index (χ0v) is 15.3. The van der Waals surface area contributed by atoms with E-state index in [1.165, 1.54) is 0 Å². The number of urea groups is 1. The van der Waals surface area contributed by atoms with Crippen LogP contribution in [0.3, 0.4) is 0 Å². The van der Waals surface area contributed by atoms with Gasteiger partial charge < -0.3 is 24.6 Å². The third-order valence-electron chi connectivity index (χ3n) is 4.49. The van der Waals surface area contributed by atoms with Crippen LogP contribution in [0.25, 0.3) is 0 Å². The van der Waals surface area contributed by atoms with Gasteiger partial charge in [-0.15, -0.1) is 0 Å². The Morgan fingerprint density at radius 3 is 2.67 bits per heavy atom. The summed E-state index contributed by atoms with van der Waals surface area (Å²) in [6.07, 6.45) is 2.55. The van der Waals surface area contributed by atoms with Crippen LogP contribution in [0.5, 0.6) is 0 Å². The van der Waals surface area contributed by atoms with Crippen LogP contribution >= 0.6 is 0 Å². The first-order valence-corrected chi connectivity index (χ1v) is 8.83. The van der Waals surface area contributed by atoms with Gasteiger partial charge in [-0.05, 0) is 46.0 Å². The van der Waals surface area contributed by atoms with Gasteiger partial charge in [-0.1, -0.05) is 0 Å². The van der Waals surface area contributed by atoms with Crippen molar-refractivity contribution in [2.45, 2.75) is 51.7 Å². The SMILES string of the molecule is COCCCNC(=O)N1CCC[C@H]2CN(C(=O)OC(C)(C)C)C[C@H]21. The molecule has 7 heteroatoms. The number of carbonyl (C=O) groups is 2. The second kappa shape index (κ2) is 8.05. The summed E-state index contributed by atoms with van der Waals surface area (Å²) in [7, 11) is 1.65. The van der Waals surface area contributed by atoms with Gasteiger partial charge in [0.25, 0.3) is 0 Å². The summed E-state index contributed by atoms with van der Waals surface area (Å²) in [4.78, 5) is 28.4. The van der Waals surface area contributed by atoms with Gasteiger partial charge in [0.1, 0.15) is 5.60 Å². The molecule has 2 heterocycles. The van der Waals surface area contributed by atoms with Gasteiger partial charge in [0.05, 0.1) is 6.04 Å². The van der Waals surface area contributed by atoms with E-state index in [1.54, 1.807) is 12.0 Å². The first-order chi connectivity index (χ1) is 11.3. The molecule has 0 unspecified atom stereocenters. The van der Waals surface area contributed by atoms with Crippen LogP contribution in [-0.2, 0) is 9.47 Å². The number of rotatable bonds is 4. The second-order valence-corrected chi connectivity index (χ2v) is 7.63. The lowest BCUT2D eigenvalue weighted by Gasteiger charge is -2.36. The molecule has 2 aliphatic rings. The molecule has 0 aromatic rings. The maximum Gasteiger partial charge on any atom is 0.410 e. The Kier molecular flexibility index (Phi) is 6.32. The van der Waals surface area contributed by atoms with E-state index < -0.39 is 5.60 Å². The minimum atomic E-state index is -0.497. The van der Waals surface area contributed by atoms with Crippen molar-refractivity contribution < 1.29 is 19.1 Å². The van der Waals surface area contributed by atoms with Crippen LogP contribution in [-0.4, -0.2) is 73.5 Å². The van der Waals surface area contributed by atoms with Crippen molar-refractivity contribution >= 4 is 12.1 Å². The van der Waals surface area contributed by atoms with Crippen molar-refractivity contribution in [3.05, 3.63) is 0 Å². The van der Waals surface area contributed by atoms with Gasteiger partial charge in [0.15, 0.2) is 0 Å². The minimum Gasteiger partial charge on any atom is -0.444 e. The smallest absolute Gasteiger partial charge is 0.410 e. The van der Waals surface area contributed by atoms with E-state index in [9.17, 15) is 9.59 Å². The number of ether oxygens (including phenoxy) is 2. The summed E-state index contributed by atoms with van der Waals surface area (Å²) in [6.45, 7) is 8.84. The maximum atomic E-state index is 12.4. The quantitative estimate of drug-likeness (QED) is 0.795. The van der Waals surface area contributed by atoms with E-state index in [0.717, 1.165) is 25.8 Å². The van der Waals surface area contributed by atoms with Crippen LogP contribution < -0.4 is 5.32 Å². The van der Waals surface area contributed by atoms with E-state index in [4.69, 9.17) is 9.47 Å². The van der Waals surface area contributed by atoms with Crippen molar-refractivity contribution in [2.75, 3.05) is 39.9 Å². The number of fused-ring (bicyclic) bond motifs is 1. The van der Waals surface area contributed by atoms with Gasteiger partial charge in [-0.2, -0.15) is 0 Å². The van der Waals surface area contributed by atoms with Crippen molar-refractivity contribution in [3.8, 4) is 0 Å². The number of likely N-dealkylation sites (tertiary alicyclic amines) is 2. The molecule has 2 aliphatic heterocycles. The molecule has 2 atom stereocenters. The highest BCUT2D eigenvalue weighted by atomic mass is 16.6. The molecule has 7 nitrogen and oxygen atoms in total. The number of amides is 3. The fraction of sp³-hybridized carbons (Fsp3) is 0.882. The summed E-state index contributed by atoms with van der Waals surface area (Å²) in [5.41, 5.74) is -0.497. The Balaban J connectivity index is 1.90. The number of nitrogens with one attached hydrogen (secondary N) is 1. The lowest BCUT2D eigenvalue weighted by Crippen LogP contribution is -2.52. The molecule has 0 saturated carbocycles. The third-order valence-corrected chi connectivity index (χ3v) is 4.49. The molecular formula is C17H31N3O4. The number of nitrogens with zero attached hydrogens (tertiary/aromatic N) is 2. The van der Waals surface area contributed by atoms with E-state index in [1.807, 2.05) is 25.7 Å². The normalized spacial score (nSPS) is 23.8. The molecule has 2 saturated heterocycles. The Labute approximate surface area is 144 Å². The zero-order chi connectivity index (χ0) is 17.7. The molecule has 0 bridgehead atoms. The minimum absolute atomic E-state index is 0.0353. The molecule has 24 heavy (non-hydrogen) atoms. The molecule has 0 aliphatic carbocycles. The van der Waals surface area contributed by atoms with E-state index in [0.29, 0.717) is 32.2 Å². The van der Waals surface area contributed by atoms with Gasteiger partial charge in [0, 0.05) is 39.9 Å². The summed E-state index contributed by atoms with van der Waals surface area (Å²) in [6, 6.07) is 0.0561. The number of methoxy groups -OCH3 is 1. The summed E-state index contributed by atoms with van der Waals surface area (Å²) >= 11 is 0. The molecule has 138 valence electrons. The van der Waals surface area contributed by atoms with E-state index in [-0.39, 0.29) is 18.2 Å². The van der Waals surface area contributed by atoms with Crippen LogP contribution in [0.2, 0.25) is 0 Å². The average molecular weight is 341 g/mol. The second-order valence-electron chi connectivity index (χ2n) is 7.63. The predicted molar refractivity (Wildman–Crippen MR) is 90.9 cm³/mol. The number of hydrogen-bond donors (Lipinski definition) is 1. The first-order valence-electron chi connectivity index (χ1n) is 8.83. The first kappa shape index (κ1) is 18.8. The molecule has 3 amide bonds. The lowest BCUT2D eigenvalue weighted by atomic mass is 9.92. The molecule has 0 radical (unpaired) electrons. The molecular weight excluding hydrogens is 310 g/mol. The number of hydrogen-bond acceptors (Lipinski definition) is 4. The summed E-state index contributed by atoms with van der Waals surface area (Å²) in [5, 5.41) is 2.95.